The van der Waals surface area contributed by atoms with Gasteiger partial charge in [-0.2, -0.15) is 0 Å². The molecule has 0 radical (unpaired) electrons. The number of hydrogen-bond donors (Lipinski definition) is 2. The first-order valence-electron chi connectivity index (χ1n) is 6.17. The lowest BCUT2D eigenvalue weighted by molar-refractivity contribution is 0.187. The van der Waals surface area contributed by atoms with Gasteiger partial charge >= 0.3 is 6.09 Å². The lowest BCUT2D eigenvalue weighted by atomic mass is 10.2. The maximum absolute atomic E-state index is 11.2. The van der Waals surface area contributed by atoms with Gasteiger partial charge in [-0.3, -0.25) is 5.32 Å². The molecule has 0 atom stereocenters. The highest BCUT2D eigenvalue weighted by molar-refractivity contribution is 5.90. The largest absolute Gasteiger partial charge is 0.453 e. The second kappa shape index (κ2) is 5.08. The SMILES string of the molecule is COC(=O)Nc1ccc2ccn(Cc3cnc[nH]3)c2c1. The number of hydrogen-bond acceptors (Lipinski definition) is 3. The number of nitrogens with one attached hydrogen (secondary N) is 2. The highest BCUT2D eigenvalue weighted by Crippen LogP contribution is 2.21. The van der Waals surface area contributed by atoms with Gasteiger partial charge in [-0.25, -0.2) is 9.78 Å². The molecule has 1 aromatic carbocycles. The number of anilines is 1. The van der Waals surface area contributed by atoms with E-state index < -0.39 is 6.09 Å². The standard InChI is InChI=1S/C14H14N4O2/c1-20-14(19)17-11-3-2-10-4-5-18(13(10)6-11)8-12-7-15-9-16-12/h2-7,9H,8H2,1H3,(H,15,16)(H,17,19). The Hall–Kier alpha value is -2.76. The van der Waals surface area contributed by atoms with E-state index in [1.54, 1.807) is 12.5 Å². The summed E-state index contributed by atoms with van der Waals surface area (Å²) in [4.78, 5) is 18.3. The fraction of sp³-hybridized carbons (Fsp3) is 0.143. The van der Waals surface area contributed by atoms with Gasteiger partial charge in [0.15, 0.2) is 0 Å². The molecule has 0 spiro atoms. The maximum Gasteiger partial charge on any atom is 0.411 e. The highest BCUT2D eigenvalue weighted by Gasteiger charge is 2.06. The van der Waals surface area contributed by atoms with E-state index in [0.29, 0.717) is 12.2 Å². The average molecular weight is 270 g/mol. The first-order chi connectivity index (χ1) is 9.76. The van der Waals surface area contributed by atoms with Crippen molar-refractivity contribution in [2.24, 2.45) is 0 Å². The van der Waals surface area contributed by atoms with Crippen LogP contribution in [0.3, 0.4) is 0 Å². The van der Waals surface area contributed by atoms with Gasteiger partial charge in [0, 0.05) is 18.1 Å². The fourth-order valence-corrected chi connectivity index (χ4v) is 2.12. The zero-order valence-electron chi connectivity index (χ0n) is 11.0. The molecule has 6 nitrogen and oxygen atoms in total. The van der Waals surface area contributed by atoms with Crippen LogP contribution in [0.25, 0.3) is 10.9 Å². The maximum atomic E-state index is 11.2. The first-order valence-corrected chi connectivity index (χ1v) is 6.17. The number of methoxy groups -OCH3 is 1. The number of amides is 1. The van der Waals surface area contributed by atoms with Crippen molar-refractivity contribution in [1.82, 2.24) is 14.5 Å². The molecule has 0 fully saturated rings. The number of H-pyrrole nitrogens is 1. The van der Waals surface area contributed by atoms with Crippen molar-refractivity contribution in [2.45, 2.75) is 6.54 Å². The molecule has 0 aliphatic heterocycles. The third kappa shape index (κ3) is 2.35. The van der Waals surface area contributed by atoms with Crippen LogP contribution < -0.4 is 5.32 Å². The Morgan fingerprint density at radius 3 is 3.10 bits per heavy atom. The average Bonchev–Trinajstić information content (AvgIpc) is 3.10. The minimum Gasteiger partial charge on any atom is -0.453 e. The monoisotopic (exact) mass is 270 g/mol. The van der Waals surface area contributed by atoms with Crippen molar-refractivity contribution in [1.29, 1.82) is 0 Å². The molecule has 0 aliphatic rings. The van der Waals surface area contributed by atoms with Crippen LogP contribution >= 0.6 is 0 Å². The lowest BCUT2D eigenvalue weighted by Crippen LogP contribution is -2.10. The first kappa shape index (κ1) is 12.3. The predicted octanol–water partition coefficient (Wildman–Crippen LogP) is 2.59. The number of aromatic nitrogens is 3. The van der Waals surface area contributed by atoms with Crippen LogP contribution in [-0.4, -0.2) is 27.7 Å². The molecule has 2 heterocycles. The molecule has 20 heavy (non-hydrogen) atoms. The summed E-state index contributed by atoms with van der Waals surface area (Å²) in [5.74, 6) is 0. The van der Waals surface area contributed by atoms with Crippen molar-refractivity contribution >= 4 is 22.7 Å². The van der Waals surface area contributed by atoms with Gasteiger partial charge in [0.1, 0.15) is 0 Å². The molecular formula is C14H14N4O2. The number of fused-ring (bicyclic) bond motifs is 1. The zero-order valence-corrected chi connectivity index (χ0v) is 11.0. The molecule has 2 aromatic heterocycles. The van der Waals surface area contributed by atoms with Gasteiger partial charge in [0.05, 0.1) is 31.2 Å². The van der Waals surface area contributed by atoms with E-state index in [1.165, 1.54) is 7.11 Å². The van der Waals surface area contributed by atoms with Gasteiger partial charge in [0.2, 0.25) is 0 Å². The lowest BCUT2D eigenvalue weighted by Gasteiger charge is -2.07. The summed E-state index contributed by atoms with van der Waals surface area (Å²) in [6, 6.07) is 7.76. The molecular weight excluding hydrogens is 256 g/mol. The van der Waals surface area contributed by atoms with Gasteiger partial charge in [-0.15, -0.1) is 0 Å². The van der Waals surface area contributed by atoms with Crippen molar-refractivity contribution < 1.29 is 9.53 Å². The second-order valence-corrected chi connectivity index (χ2v) is 4.41. The molecule has 3 rings (SSSR count). The summed E-state index contributed by atoms with van der Waals surface area (Å²) in [5, 5.41) is 3.78. The van der Waals surface area contributed by atoms with E-state index in [9.17, 15) is 4.79 Å². The number of carbonyl (C=O) groups excluding carboxylic acids is 1. The number of imidazole rings is 1. The van der Waals surface area contributed by atoms with Crippen LogP contribution in [0.5, 0.6) is 0 Å². The van der Waals surface area contributed by atoms with Crippen LogP contribution in [0.2, 0.25) is 0 Å². The normalized spacial score (nSPS) is 10.7. The molecule has 0 saturated carbocycles. The van der Waals surface area contributed by atoms with E-state index in [0.717, 1.165) is 16.6 Å². The van der Waals surface area contributed by atoms with Crippen molar-refractivity contribution in [2.75, 3.05) is 12.4 Å². The summed E-state index contributed by atoms with van der Waals surface area (Å²) in [6.45, 7) is 0.700. The van der Waals surface area contributed by atoms with Gasteiger partial charge < -0.3 is 14.3 Å². The number of rotatable bonds is 3. The number of benzene rings is 1. The van der Waals surface area contributed by atoms with E-state index in [2.05, 4.69) is 24.6 Å². The van der Waals surface area contributed by atoms with Gasteiger partial charge in [-0.05, 0) is 23.6 Å². The van der Waals surface area contributed by atoms with Crippen LogP contribution in [0, 0.1) is 0 Å². The number of aromatic amines is 1. The predicted molar refractivity (Wildman–Crippen MR) is 75.7 cm³/mol. The quantitative estimate of drug-likeness (QED) is 0.768. The number of ether oxygens (including phenoxy) is 1. The van der Waals surface area contributed by atoms with Crippen molar-refractivity contribution in [3.63, 3.8) is 0 Å². The third-order valence-corrected chi connectivity index (χ3v) is 3.10. The molecule has 0 saturated heterocycles. The van der Waals surface area contributed by atoms with Crippen LogP contribution in [-0.2, 0) is 11.3 Å². The Morgan fingerprint density at radius 2 is 2.35 bits per heavy atom. The molecule has 1 amide bonds. The molecule has 0 aliphatic carbocycles. The molecule has 0 unspecified atom stereocenters. The van der Waals surface area contributed by atoms with Gasteiger partial charge in [-0.1, -0.05) is 6.07 Å². The Labute approximate surface area is 115 Å². The van der Waals surface area contributed by atoms with E-state index in [1.807, 2.05) is 30.5 Å². The summed E-state index contributed by atoms with van der Waals surface area (Å²) < 4.78 is 6.68. The summed E-state index contributed by atoms with van der Waals surface area (Å²) >= 11 is 0. The Balaban J connectivity index is 1.93. The molecule has 0 bridgehead atoms. The second-order valence-electron chi connectivity index (χ2n) is 4.41. The van der Waals surface area contributed by atoms with Crippen LogP contribution in [0.4, 0.5) is 10.5 Å². The third-order valence-electron chi connectivity index (χ3n) is 3.10. The molecule has 102 valence electrons. The number of nitrogens with zero attached hydrogens (tertiary/aromatic N) is 2. The summed E-state index contributed by atoms with van der Waals surface area (Å²) in [6.07, 6.45) is 4.98. The summed E-state index contributed by atoms with van der Waals surface area (Å²) in [5.41, 5.74) is 2.76. The smallest absolute Gasteiger partial charge is 0.411 e. The topological polar surface area (TPSA) is 71.9 Å². The zero-order chi connectivity index (χ0) is 13.9. The Morgan fingerprint density at radius 1 is 1.45 bits per heavy atom. The summed E-state index contributed by atoms with van der Waals surface area (Å²) in [7, 11) is 1.34. The van der Waals surface area contributed by atoms with Gasteiger partial charge in [0.25, 0.3) is 0 Å². The molecule has 6 heteroatoms. The van der Waals surface area contributed by atoms with Crippen molar-refractivity contribution in [3.05, 3.63) is 48.7 Å². The highest BCUT2D eigenvalue weighted by atomic mass is 16.5. The van der Waals surface area contributed by atoms with E-state index in [-0.39, 0.29) is 0 Å². The number of carbonyl (C=O) groups is 1. The minimum atomic E-state index is -0.476. The van der Waals surface area contributed by atoms with E-state index in [4.69, 9.17) is 0 Å². The minimum absolute atomic E-state index is 0.476. The van der Waals surface area contributed by atoms with E-state index >= 15 is 0 Å². The Kier molecular flexibility index (Phi) is 3.12. The Bertz CT molecular complexity index is 731. The molecule has 3 aromatic rings. The molecule has 2 N–H and O–H groups in total. The van der Waals surface area contributed by atoms with Crippen LogP contribution in [0.15, 0.2) is 43.0 Å². The fourth-order valence-electron chi connectivity index (χ4n) is 2.12. The van der Waals surface area contributed by atoms with Crippen LogP contribution in [0.1, 0.15) is 5.69 Å². The van der Waals surface area contributed by atoms with Crippen molar-refractivity contribution in [3.8, 4) is 0 Å².